The van der Waals surface area contributed by atoms with Crippen molar-refractivity contribution in [3.63, 3.8) is 0 Å². The Morgan fingerprint density at radius 3 is 2.59 bits per heavy atom. The number of aryl methyl sites for hydroxylation is 2. The van der Waals surface area contributed by atoms with Gasteiger partial charge in [-0.2, -0.15) is 5.10 Å². The van der Waals surface area contributed by atoms with E-state index in [0.29, 0.717) is 6.04 Å². The van der Waals surface area contributed by atoms with E-state index >= 15 is 0 Å². The molecule has 0 saturated heterocycles. The number of rotatable bonds is 7. The number of hydrogen-bond acceptors (Lipinski definition) is 2. The van der Waals surface area contributed by atoms with E-state index in [4.69, 9.17) is 0 Å². The summed E-state index contributed by atoms with van der Waals surface area (Å²) in [6, 6.07) is 2.75. The zero-order chi connectivity index (χ0) is 12.8. The van der Waals surface area contributed by atoms with Crippen LogP contribution in [-0.2, 0) is 13.1 Å². The molecule has 1 atom stereocenters. The standard InChI is InChI=1S/C14H27N3/c1-6-17-14(9-13(5)16-17)10-15-12(4)8-7-11(2)3/h9,11-12,15H,6-8,10H2,1-5H3. The predicted octanol–water partition coefficient (Wildman–Crippen LogP) is 3.13. The van der Waals surface area contributed by atoms with Gasteiger partial charge in [-0.05, 0) is 45.6 Å². The van der Waals surface area contributed by atoms with Gasteiger partial charge in [-0.25, -0.2) is 0 Å². The molecule has 1 aromatic heterocycles. The van der Waals surface area contributed by atoms with E-state index < -0.39 is 0 Å². The van der Waals surface area contributed by atoms with Crippen molar-refractivity contribution in [3.05, 3.63) is 17.5 Å². The summed E-state index contributed by atoms with van der Waals surface area (Å²) in [5, 5.41) is 8.04. The Kier molecular flexibility index (Phi) is 5.69. The molecule has 0 fully saturated rings. The number of nitrogens with zero attached hydrogens (tertiary/aromatic N) is 2. The minimum absolute atomic E-state index is 0.581. The average Bonchev–Trinajstić information content (AvgIpc) is 2.64. The molecular weight excluding hydrogens is 210 g/mol. The van der Waals surface area contributed by atoms with E-state index in [2.05, 4.69) is 55.8 Å². The van der Waals surface area contributed by atoms with E-state index in [1.807, 2.05) is 0 Å². The van der Waals surface area contributed by atoms with E-state index in [1.54, 1.807) is 0 Å². The fourth-order valence-corrected chi connectivity index (χ4v) is 1.98. The van der Waals surface area contributed by atoms with Crippen molar-refractivity contribution < 1.29 is 0 Å². The number of nitrogens with one attached hydrogen (secondary N) is 1. The van der Waals surface area contributed by atoms with Gasteiger partial charge in [-0.3, -0.25) is 4.68 Å². The van der Waals surface area contributed by atoms with Gasteiger partial charge in [0.25, 0.3) is 0 Å². The van der Waals surface area contributed by atoms with Crippen LogP contribution in [0.15, 0.2) is 6.07 Å². The molecule has 0 amide bonds. The molecule has 0 aromatic carbocycles. The van der Waals surface area contributed by atoms with Crippen LogP contribution in [0.1, 0.15) is 51.9 Å². The first kappa shape index (κ1) is 14.2. The summed E-state index contributed by atoms with van der Waals surface area (Å²) in [5.41, 5.74) is 2.40. The van der Waals surface area contributed by atoms with E-state index in [1.165, 1.54) is 18.5 Å². The highest BCUT2D eigenvalue weighted by molar-refractivity contribution is 5.08. The van der Waals surface area contributed by atoms with Gasteiger partial charge in [0.2, 0.25) is 0 Å². The van der Waals surface area contributed by atoms with Crippen LogP contribution in [0.4, 0.5) is 0 Å². The number of aromatic nitrogens is 2. The molecule has 0 radical (unpaired) electrons. The molecule has 3 heteroatoms. The highest BCUT2D eigenvalue weighted by Gasteiger charge is 2.07. The van der Waals surface area contributed by atoms with Crippen LogP contribution in [0.5, 0.6) is 0 Å². The molecule has 1 unspecified atom stereocenters. The molecule has 1 aromatic rings. The second-order valence-corrected chi connectivity index (χ2v) is 5.35. The molecule has 3 nitrogen and oxygen atoms in total. The Balaban J connectivity index is 2.38. The quantitative estimate of drug-likeness (QED) is 0.789. The van der Waals surface area contributed by atoms with E-state index in [0.717, 1.165) is 24.7 Å². The highest BCUT2D eigenvalue weighted by atomic mass is 15.3. The summed E-state index contributed by atoms with van der Waals surface area (Å²) in [4.78, 5) is 0. The van der Waals surface area contributed by atoms with Crippen molar-refractivity contribution in [2.75, 3.05) is 0 Å². The zero-order valence-electron chi connectivity index (χ0n) is 12.0. The summed E-state index contributed by atoms with van der Waals surface area (Å²) in [5.74, 6) is 0.794. The molecule has 1 heterocycles. The normalized spacial score (nSPS) is 13.3. The van der Waals surface area contributed by atoms with Gasteiger partial charge in [0, 0.05) is 19.1 Å². The maximum Gasteiger partial charge on any atom is 0.0597 e. The van der Waals surface area contributed by atoms with Gasteiger partial charge >= 0.3 is 0 Å². The molecule has 0 spiro atoms. The lowest BCUT2D eigenvalue weighted by atomic mass is 10.0. The van der Waals surface area contributed by atoms with E-state index in [9.17, 15) is 0 Å². The van der Waals surface area contributed by atoms with Crippen molar-refractivity contribution in [2.24, 2.45) is 5.92 Å². The molecule has 0 bridgehead atoms. The largest absolute Gasteiger partial charge is 0.309 e. The smallest absolute Gasteiger partial charge is 0.0597 e. The summed E-state index contributed by atoms with van der Waals surface area (Å²) in [6.07, 6.45) is 2.54. The fourth-order valence-electron chi connectivity index (χ4n) is 1.98. The summed E-state index contributed by atoms with van der Waals surface area (Å²) in [6.45, 7) is 12.9. The SMILES string of the molecule is CCn1nc(C)cc1CNC(C)CCC(C)C. The first-order chi connectivity index (χ1) is 8.02. The molecule has 0 aliphatic carbocycles. The minimum atomic E-state index is 0.581. The first-order valence-corrected chi connectivity index (χ1v) is 6.79. The molecule has 0 aliphatic heterocycles. The van der Waals surface area contributed by atoms with Crippen LogP contribution in [0.2, 0.25) is 0 Å². The van der Waals surface area contributed by atoms with Crippen LogP contribution in [-0.4, -0.2) is 15.8 Å². The molecule has 1 N–H and O–H groups in total. The predicted molar refractivity (Wildman–Crippen MR) is 73.0 cm³/mol. The lowest BCUT2D eigenvalue weighted by Gasteiger charge is -2.15. The van der Waals surface area contributed by atoms with Crippen molar-refractivity contribution in [2.45, 2.75) is 66.6 Å². The molecule has 17 heavy (non-hydrogen) atoms. The Hall–Kier alpha value is -0.830. The molecular formula is C14H27N3. The lowest BCUT2D eigenvalue weighted by molar-refractivity contribution is 0.442. The molecule has 0 saturated carbocycles. The fraction of sp³-hybridized carbons (Fsp3) is 0.786. The lowest BCUT2D eigenvalue weighted by Crippen LogP contribution is -2.27. The monoisotopic (exact) mass is 237 g/mol. The van der Waals surface area contributed by atoms with Crippen LogP contribution in [0.25, 0.3) is 0 Å². The van der Waals surface area contributed by atoms with Crippen molar-refractivity contribution >= 4 is 0 Å². The van der Waals surface area contributed by atoms with Crippen LogP contribution in [0.3, 0.4) is 0 Å². The molecule has 98 valence electrons. The Morgan fingerprint density at radius 1 is 1.29 bits per heavy atom. The Bertz CT molecular complexity index is 328. The van der Waals surface area contributed by atoms with Crippen LogP contribution >= 0.6 is 0 Å². The maximum atomic E-state index is 4.46. The Labute approximate surface area is 106 Å². The van der Waals surface area contributed by atoms with Gasteiger partial charge in [-0.1, -0.05) is 13.8 Å². The van der Waals surface area contributed by atoms with Crippen LogP contribution in [0, 0.1) is 12.8 Å². The summed E-state index contributed by atoms with van der Waals surface area (Å²) >= 11 is 0. The van der Waals surface area contributed by atoms with Gasteiger partial charge in [0.05, 0.1) is 11.4 Å². The van der Waals surface area contributed by atoms with Gasteiger partial charge < -0.3 is 5.32 Å². The minimum Gasteiger partial charge on any atom is -0.309 e. The van der Waals surface area contributed by atoms with Gasteiger partial charge in [0.1, 0.15) is 0 Å². The maximum absolute atomic E-state index is 4.46. The van der Waals surface area contributed by atoms with Gasteiger partial charge in [-0.15, -0.1) is 0 Å². The van der Waals surface area contributed by atoms with Gasteiger partial charge in [0.15, 0.2) is 0 Å². The second-order valence-electron chi connectivity index (χ2n) is 5.35. The Morgan fingerprint density at radius 2 is 2.00 bits per heavy atom. The van der Waals surface area contributed by atoms with Crippen molar-refractivity contribution in [1.29, 1.82) is 0 Å². The summed E-state index contributed by atoms with van der Waals surface area (Å²) < 4.78 is 2.08. The highest BCUT2D eigenvalue weighted by Crippen LogP contribution is 2.08. The third-order valence-corrected chi connectivity index (χ3v) is 3.09. The van der Waals surface area contributed by atoms with Crippen molar-refractivity contribution in [3.8, 4) is 0 Å². The average molecular weight is 237 g/mol. The molecule has 0 aliphatic rings. The van der Waals surface area contributed by atoms with Crippen molar-refractivity contribution in [1.82, 2.24) is 15.1 Å². The molecule has 1 rings (SSSR count). The zero-order valence-corrected chi connectivity index (χ0v) is 12.0. The third kappa shape index (κ3) is 4.90. The number of hydrogen-bond donors (Lipinski definition) is 1. The summed E-state index contributed by atoms with van der Waals surface area (Å²) in [7, 11) is 0. The first-order valence-electron chi connectivity index (χ1n) is 6.79. The third-order valence-electron chi connectivity index (χ3n) is 3.09. The van der Waals surface area contributed by atoms with E-state index in [-0.39, 0.29) is 0 Å². The second kappa shape index (κ2) is 6.80. The topological polar surface area (TPSA) is 29.9 Å². The van der Waals surface area contributed by atoms with Crippen LogP contribution < -0.4 is 5.32 Å².